The van der Waals surface area contributed by atoms with Crippen LogP contribution in [0, 0.1) is 0 Å². The standard InChI is InChI=1S/C14H21ClN2O3S/c1-17(2)21(18,19)16-11-14(7-9-20-10-8-14)12-3-5-13(15)6-4-12/h3-6,16H,7-11H2,1-2H3. The molecule has 0 radical (unpaired) electrons. The molecule has 1 fully saturated rings. The van der Waals surface area contributed by atoms with Crippen LogP contribution < -0.4 is 4.72 Å². The van der Waals surface area contributed by atoms with E-state index in [0.29, 0.717) is 24.8 Å². The summed E-state index contributed by atoms with van der Waals surface area (Å²) in [6, 6.07) is 7.62. The molecule has 7 heteroatoms. The second kappa shape index (κ2) is 6.62. The maximum atomic E-state index is 12.0. The summed E-state index contributed by atoms with van der Waals surface area (Å²) in [4.78, 5) is 0. The number of benzene rings is 1. The molecule has 0 aliphatic carbocycles. The van der Waals surface area contributed by atoms with Crippen molar-refractivity contribution in [2.75, 3.05) is 33.9 Å². The number of nitrogens with zero attached hydrogens (tertiary/aromatic N) is 1. The van der Waals surface area contributed by atoms with Crippen molar-refractivity contribution in [3.05, 3.63) is 34.9 Å². The maximum absolute atomic E-state index is 12.0. The summed E-state index contributed by atoms with van der Waals surface area (Å²) in [6.45, 7) is 1.62. The minimum atomic E-state index is -3.44. The highest BCUT2D eigenvalue weighted by atomic mass is 35.5. The molecule has 1 aliphatic heterocycles. The van der Waals surface area contributed by atoms with E-state index in [9.17, 15) is 8.42 Å². The highest BCUT2D eigenvalue weighted by molar-refractivity contribution is 7.87. The molecular formula is C14H21ClN2O3S. The molecular weight excluding hydrogens is 312 g/mol. The van der Waals surface area contributed by atoms with Crippen LogP contribution in [0.1, 0.15) is 18.4 Å². The molecule has 0 atom stereocenters. The largest absolute Gasteiger partial charge is 0.381 e. The summed E-state index contributed by atoms with van der Waals surface area (Å²) >= 11 is 5.94. The van der Waals surface area contributed by atoms with Gasteiger partial charge < -0.3 is 4.74 Å². The summed E-state index contributed by atoms with van der Waals surface area (Å²) in [7, 11) is -0.405. The molecule has 1 aromatic carbocycles. The number of nitrogens with one attached hydrogen (secondary N) is 1. The lowest BCUT2D eigenvalue weighted by atomic mass is 9.74. The van der Waals surface area contributed by atoms with Gasteiger partial charge in [-0.2, -0.15) is 12.7 Å². The fourth-order valence-corrected chi connectivity index (χ4v) is 3.33. The Morgan fingerprint density at radius 3 is 2.33 bits per heavy atom. The molecule has 2 rings (SSSR count). The van der Waals surface area contributed by atoms with Gasteiger partial charge in [0, 0.05) is 44.3 Å². The number of ether oxygens (including phenoxy) is 1. The van der Waals surface area contributed by atoms with Crippen molar-refractivity contribution in [2.24, 2.45) is 0 Å². The van der Waals surface area contributed by atoms with Crippen molar-refractivity contribution in [3.8, 4) is 0 Å². The molecule has 5 nitrogen and oxygen atoms in total. The molecule has 0 spiro atoms. The van der Waals surface area contributed by atoms with Crippen LogP contribution in [0.25, 0.3) is 0 Å². The van der Waals surface area contributed by atoms with Crippen LogP contribution in [0.15, 0.2) is 24.3 Å². The molecule has 21 heavy (non-hydrogen) atoms. The number of hydrogen-bond donors (Lipinski definition) is 1. The van der Waals surface area contributed by atoms with Crippen molar-refractivity contribution < 1.29 is 13.2 Å². The smallest absolute Gasteiger partial charge is 0.278 e. The zero-order valence-corrected chi connectivity index (χ0v) is 13.9. The first kappa shape index (κ1) is 16.7. The molecule has 0 aromatic heterocycles. The van der Waals surface area contributed by atoms with Gasteiger partial charge in [-0.3, -0.25) is 0 Å². The lowest BCUT2D eigenvalue weighted by Crippen LogP contribution is -2.47. The first-order valence-electron chi connectivity index (χ1n) is 6.87. The Balaban J connectivity index is 2.23. The van der Waals surface area contributed by atoms with Gasteiger partial charge in [0.15, 0.2) is 0 Å². The van der Waals surface area contributed by atoms with Gasteiger partial charge in [-0.15, -0.1) is 0 Å². The Labute approximate surface area is 131 Å². The molecule has 0 unspecified atom stereocenters. The van der Waals surface area contributed by atoms with E-state index >= 15 is 0 Å². The lowest BCUT2D eigenvalue weighted by Gasteiger charge is -2.38. The third kappa shape index (κ3) is 3.96. The first-order chi connectivity index (χ1) is 9.86. The zero-order chi connectivity index (χ0) is 15.5. The predicted octanol–water partition coefficient (Wildman–Crippen LogP) is 1.78. The third-order valence-electron chi connectivity index (χ3n) is 3.98. The van der Waals surface area contributed by atoms with E-state index < -0.39 is 10.2 Å². The van der Waals surface area contributed by atoms with E-state index in [0.717, 1.165) is 18.4 Å². The molecule has 1 aliphatic rings. The van der Waals surface area contributed by atoms with Crippen molar-refractivity contribution in [2.45, 2.75) is 18.3 Å². The van der Waals surface area contributed by atoms with Crippen LogP contribution in [0.5, 0.6) is 0 Å². The minimum absolute atomic E-state index is 0.244. The van der Waals surface area contributed by atoms with E-state index in [4.69, 9.17) is 16.3 Å². The van der Waals surface area contributed by atoms with E-state index in [1.807, 2.05) is 24.3 Å². The van der Waals surface area contributed by atoms with Gasteiger partial charge in [-0.25, -0.2) is 4.72 Å². The van der Waals surface area contributed by atoms with Crippen molar-refractivity contribution in [1.82, 2.24) is 9.03 Å². The van der Waals surface area contributed by atoms with E-state index in [-0.39, 0.29) is 5.41 Å². The van der Waals surface area contributed by atoms with E-state index in [1.165, 1.54) is 18.4 Å². The average Bonchev–Trinajstić information content (AvgIpc) is 2.47. The first-order valence-corrected chi connectivity index (χ1v) is 8.68. The Morgan fingerprint density at radius 2 is 1.81 bits per heavy atom. The summed E-state index contributed by atoms with van der Waals surface area (Å²) < 4.78 is 33.2. The van der Waals surface area contributed by atoms with Gasteiger partial charge in [0.1, 0.15) is 0 Å². The molecule has 1 saturated heterocycles. The third-order valence-corrected chi connectivity index (χ3v) is 5.70. The Kier molecular flexibility index (Phi) is 5.27. The normalized spacial score (nSPS) is 18.9. The maximum Gasteiger partial charge on any atom is 0.278 e. The van der Waals surface area contributed by atoms with Crippen molar-refractivity contribution in [3.63, 3.8) is 0 Å². The van der Waals surface area contributed by atoms with Gasteiger partial charge in [-0.05, 0) is 30.5 Å². The summed E-state index contributed by atoms with van der Waals surface area (Å²) in [5.74, 6) is 0. The summed E-state index contributed by atoms with van der Waals surface area (Å²) in [6.07, 6.45) is 1.56. The van der Waals surface area contributed by atoms with Gasteiger partial charge in [0.25, 0.3) is 10.2 Å². The summed E-state index contributed by atoms with van der Waals surface area (Å²) in [5, 5.41) is 0.676. The highest BCUT2D eigenvalue weighted by Crippen LogP contribution is 2.35. The molecule has 1 aromatic rings. The Hall–Kier alpha value is -0.660. The predicted molar refractivity (Wildman–Crippen MR) is 83.8 cm³/mol. The van der Waals surface area contributed by atoms with Crippen LogP contribution >= 0.6 is 11.6 Å². The molecule has 0 saturated carbocycles. The zero-order valence-electron chi connectivity index (χ0n) is 12.3. The Morgan fingerprint density at radius 1 is 1.24 bits per heavy atom. The van der Waals surface area contributed by atoms with Crippen LogP contribution in [0.2, 0.25) is 5.02 Å². The van der Waals surface area contributed by atoms with Crippen LogP contribution in [0.3, 0.4) is 0 Å². The van der Waals surface area contributed by atoms with Gasteiger partial charge in [-0.1, -0.05) is 23.7 Å². The van der Waals surface area contributed by atoms with E-state index in [2.05, 4.69) is 4.72 Å². The molecule has 1 heterocycles. The molecule has 1 N–H and O–H groups in total. The van der Waals surface area contributed by atoms with Crippen LogP contribution in [0.4, 0.5) is 0 Å². The van der Waals surface area contributed by atoms with E-state index in [1.54, 1.807) is 0 Å². The molecule has 118 valence electrons. The highest BCUT2D eigenvalue weighted by Gasteiger charge is 2.35. The number of rotatable bonds is 5. The topological polar surface area (TPSA) is 58.6 Å². The molecule has 0 bridgehead atoms. The van der Waals surface area contributed by atoms with Gasteiger partial charge in [0.05, 0.1) is 0 Å². The van der Waals surface area contributed by atoms with Crippen molar-refractivity contribution >= 4 is 21.8 Å². The molecule has 0 amide bonds. The van der Waals surface area contributed by atoms with Crippen molar-refractivity contribution in [1.29, 1.82) is 0 Å². The lowest BCUT2D eigenvalue weighted by molar-refractivity contribution is 0.0516. The fraction of sp³-hybridized carbons (Fsp3) is 0.571. The number of hydrogen-bond acceptors (Lipinski definition) is 3. The van der Waals surface area contributed by atoms with Crippen LogP contribution in [-0.2, 0) is 20.4 Å². The number of halogens is 1. The Bertz CT molecular complexity index is 566. The minimum Gasteiger partial charge on any atom is -0.381 e. The van der Waals surface area contributed by atoms with Gasteiger partial charge >= 0.3 is 0 Å². The average molecular weight is 333 g/mol. The SMILES string of the molecule is CN(C)S(=O)(=O)NCC1(c2ccc(Cl)cc2)CCOCC1. The van der Waals surface area contributed by atoms with Crippen LogP contribution in [-0.4, -0.2) is 46.6 Å². The second-order valence-corrected chi connectivity index (χ2v) is 7.91. The monoisotopic (exact) mass is 332 g/mol. The fourth-order valence-electron chi connectivity index (χ4n) is 2.49. The van der Waals surface area contributed by atoms with Gasteiger partial charge in [0.2, 0.25) is 0 Å². The quantitative estimate of drug-likeness (QED) is 0.894. The summed E-state index contributed by atoms with van der Waals surface area (Å²) in [5.41, 5.74) is 0.850. The second-order valence-electron chi connectivity index (χ2n) is 5.51.